The molecule has 4 heteroatoms. The summed E-state index contributed by atoms with van der Waals surface area (Å²) in [5, 5.41) is 3.38. The van der Waals surface area contributed by atoms with E-state index in [1.807, 2.05) is 13.8 Å². The lowest BCUT2D eigenvalue weighted by Gasteiger charge is -2.18. The second-order valence-corrected chi connectivity index (χ2v) is 5.55. The Kier molecular flexibility index (Phi) is 4.97. The highest BCUT2D eigenvalue weighted by Crippen LogP contribution is 2.18. The number of nitrogens with one attached hydrogen (secondary N) is 1. The molecule has 21 heavy (non-hydrogen) atoms. The van der Waals surface area contributed by atoms with Gasteiger partial charge in [-0.05, 0) is 38.0 Å². The maximum Gasteiger partial charge on any atom is 0.251 e. The average Bonchev–Trinajstić information content (AvgIpc) is 2.44. The molecule has 2 rings (SSSR count). The fraction of sp³-hybridized carbons (Fsp3) is 0.294. The van der Waals surface area contributed by atoms with Crippen molar-refractivity contribution >= 4 is 17.5 Å². The number of carbonyl (C=O) groups excluding carboxylic acids is 1. The molecule has 0 bridgehead atoms. The quantitative estimate of drug-likeness (QED) is 0.859. The number of amides is 1. The van der Waals surface area contributed by atoms with E-state index in [1.165, 1.54) is 5.56 Å². The molecule has 0 fully saturated rings. The molecule has 0 spiro atoms. The van der Waals surface area contributed by atoms with Gasteiger partial charge in [0.2, 0.25) is 0 Å². The molecular formula is C17H19ClN2O. The van der Waals surface area contributed by atoms with Gasteiger partial charge in [-0.15, -0.1) is 0 Å². The monoisotopic (exact) mass is 302 g/mol. The Hall–Kier alpha value is -1.87. The van der Waals surface area contributed by atoms with Crippen LogP contribution >= 0.6 is 11.6 Å². The lowest BCUT2D eigenvalue weighted by molar-refractivity contribution is 0.0935. The van der Waals surface area contributed by atoms with Gasteiger partial charge in [-0.1, -0.05) is 48.4 Å². The molecule has 0 radical (unpaired) electrons. The van der Waals surface area contributed by atoms with Crippen LogP contribution in [0, 0.1) is 13.8 Å². The lowest BCUT2D eigenvalue weighted by atomic mass is 10.0. The molecule has 110 valence electrons. The Labute approximate surface area is 130 Å². The van der Waals surface area contributed by atoms with Crippen molar-refractivity contribution < 1.29 is 4.79 Å². The van der Waals surface area contributed by atoms with Crippen molar-refractivity contribution in [3.63, 3.8) is 0 Å². The summed E-state index contributed by atoms with van der Waals surface area (Å²) < 4.78 is 0. The predicted octanol–water partition coefficient (Wildman–Crippen LogP) is 4.23. The van der Waals surface area contributed by atoms with Gasteiger partial charge >= 0.3 is 0 Å². The van der Waals surface area contributed by atoms with Crippen LogP contribution in [0.15, 0.2) is 36.4 Å². The van der Waals surface area contributed by atoms with Gasteiger partial charge in [0.25, 0.3) is 5.91 Å². The van der Waals surface area contributed by atoms with Crippen LogP contribution < -0.4 is 5.32 Å². The van der Waals surface area contributed by atoms with Gasteiger partial charge in [-0.3, -0.25) is 4.79 Å². The highest BCUT2D eigenvalue weighted by Gasteiger charge is 2.15. The highest BCUT2D eigenvalue weighted by molar-refractivity contribution is 6.29. The van der Waals surface area contributed by atoms with Crippen molar-refractivity contribution in [1.82, 2.24) is 10.3 Å². The van der Waals surface area contributed by atoms with E-state index in [9.17, 15) is 4.79 Å². The van der Waals surface area contributed by atoms with Crippen LogP contribution in [0.4, 0.5) is 0 Å². The van der Waals surface area contributed by atoms with Crippen molar-refractivity contribution in [2.45, 2.75) is 33.2 Å². The molecule has 1 aromatic heterocycles. The highest BCUT2D eigenvalue weighted by atomic mass is 35.5. The summed E-state index contributed by atoms with van der Waals surface area (Å²) in [6.45, 7) is 5.92. The summed E-state index contributed by atoms with van der Waals surface area (Å²) >= 11 is 5.91. The summed E-state index contributed by atoms with van der Waals surface area (Å²) in [5.41, 5.74) is 3.58. The zero-order chi connectivity index (χ0) is 15.4. The van der Waals surface area contributed by atoms with Crippen molar-refractivity contribution in [2.75, 3.05) is 0 Å². The number of hydrogen-bond donors (Lipinski definition) is 1. The largest absolute Gasteiger partial charge is 0.345 e. The zero-order valence-corrected chi connectivity index (χ0v) is 13.2. The number of aryl methyl sites for hydroxylation is 2. The minimum Gasteiger partial charge on any atom is -0.345 e. The number of benzene rings is 1. The van der Waals surface area contributed by atoms with E-state index in [0.29, 0.717) is 10.7 Å². The van der Waals surface area contributed by atoms with E-state index >= 15 is 0 Å². The Morgan fingerprint density at radius 3 is 2.48 bits per heavy atom. The van der Waals surface area contributed by atoms with Crippen molar-refractivity contribution in [3.8, 4) is 0 Å². The smallest absolute Gasteiger partial charge is 0.251 e. The van der Waals surface area contributed by atoms with Gasteiger partial charge in [-0.25, -0.2) is 4.98 Å². The first-order chi connectivity index (χ1) is 9.99. The molecule has 3 nitrogen and oxygen atoms in total. The van der Waals surface area contributed by atoms with Crippen molar-refractivity contribution in [2.24, 2.45) is 0 Å². The van der Waals surface area contributed by atoms with E-state index in [2.05, 4.69) is 41.5 Å². The molecule has 1 atom stereocenters. The van der Waals surface area contributed by atoms with Gasteiger partial charge in [-0.2, -0.15) is 0 Å². The van der Waals surface area contributed by atoms with Gasteiger partial charge in [0.15, 0.2) is 0 Å². The number of hydrogen-bond acceptors (Lipinski definition) is 2. The normalized spacial score (nSPS) is 12.0. The first-order valence-corrected chi connectivity index (χ1v) is 7.39. The van der Waals surface area contributed by atoms with Crippen LogP contribution in [0.25, 0.3) is 0 Å². The van der Waals surface area contributed by atoms with E-state index in [4.69, 9.17) is 11.6 Å². The first kappa shape index (κ1) is 15.5. The third kappa shape index (κ3) is 4.05. The summed E-state index contributed by atoms with van der Waals surface area (Å²) in [6, 6.07) is 11.5. The molecule has 0 saturated heterocycles. The van der Waals surface area contributed by atoms with Crippen LogP contribution in [0.5, 0.6) is 0 Å². The fourth-order valence-corrected chi connectivity index (χ4v) is 2.47. The summed E-state index contributed by atoms with van der Waals surface area (Å²) in [7, 11) is 0. The van der Waals surface area contributed by atoms with Crippen LogP contribution in [0.2, 0.25) is 5.15 Å². The molecule has 1 heterocycles. The SMILES string of the molecule is CCC(NC(=O)c1cc(C)nc(Cl)c1)c1ccc(C)cc1. The Bertz CT molecular complexity index is 617. The van der Waals surface area contributed by atoms with E-state index in [1.54, 1.807) is 12.1 Å². The topological polar surface area (TPSA) is 42.0 Å². The lowest BCUT2D eigenvalue weighted by Crippen LogP contribution is -2.28. The molecule has 0 saturated carbocycles. The summed E-state index contributed by atoms with van der Waals surface area (Å²) in [5.74, 6) is -0.130. The number of carbonyl (C=O) groups is 1. The molecule has 1 amide bonds. The van der Waals surface area contributed by atoms with Gasteiger partial charge in [0.05, 0.1) is 6.04 Å². The van der Waals surface area contributed by atoms with Gasteiger partial charge < -0.3 is 5.32 Å². The summed E-state index contributed by atoms with van der Waals surface area (Å²) in [6.07, 6.45) is 0.826. The number of pyridine rings is 1. The number of aromatic nitrogens is 1. The standard InChI is InChI=1S/C17H19ClN2O/c1-4-15(13-7-5-11(2)6-8-13)20-17(21)14-9-12(3)19-16(18)10-14/h5-10,15H,4H2,1-3H3,(H,20,21). The molecular weight excluding hydrogens is 284 g/mol. The predicted molar refractivity (Wildman–Crippen MR) is 85.7 cm³/mol. The maximum atomic E-state index is 12.4. The number of nitrogens with zero attached hydrogens (tertiary/aromatic N) is 1. The molecule has 0 aliphatic rings. The van der Waals surface area contributed by atoms with E-state index < -0.39 is 0 Å². The molecule has 1 N–H and O–H groups in total. The van der Waals surface area contributed by atoms with Crippen molar-refractivity contribution in [3.05, 3.63) is 63.9 Å². The second kappa shape index (κ2) is 6.72. The molecule has 0 aliphatic heterocycles. The van der Waals surface area contributed by atoms with Gasteiger partial charge in [0.1, 0.15) is 5.15 Å². The summed E-state index contributed by atoms with van der Waals surface area (Å²) in [4.78, 5) is 16.4. The maximum absolute atomic E-state index is 12.4. The van der Waals surface area contributed by atoms with Crippen LogP contribution in [0.1, 0.15) is 46.6 Å². The van der Waals surface area contributed by atoms with Crippen LogP contribution in [-0.4, -0.2) is 10.9 Å². The van der Waals surface area contributed by atoms with Crippen molar-refractivity contribution in [1.29, 1.82) is 0 Å². The minimum atomic E-state index is -0.130. The molecule has 0 aliphatic carbocycles. The van der Waals surface area contributed by atoms with Crippen LogP contribution in [-0.2, 0) is 0 Å². The van der Waals surface area contributed by atoms with Gasteiger partial charge in [0, 0.05) is 11.3 Å². The Morgan fingerprint density at radius 2 is 1.90 bits per heavy atom. The third-order valence-corrected chi connectivity index (χ3v) is 3.57. The van der Waals surface area contributed by atoms with E-state index in [0.717, 1.165) is 17.7 Å². The Balaban J connectivity index is 2.18. The Morgan fingerprint density at radius 1 is 1.24 bits per heavy atom. The second-order valence-electron chi connectivity index (χ2n) is 5.16. The third-order valence-electron chi connectivity index (χ3n) is 3.38. The zero-order valence-electron chi connectivity index (χ0n) is 12.5. The number of halogens is 1. The fourth-order valence-electron chi connectivity index (χ4n) is 2.22. The number of rotatable bonds is 4. The van der Waals surface area contributed by atoms with E-state index in [-0.39, 0.29) is 11.9 Å². The molecule has 1 unspecified atom stereocenters. The minimum absolute atomic E-state index is 0.00894. The average molecular weight is 303 g/mol. The van der Waals surface area contributed by atoms with Crippen LogP contribution in [0.3, 0.4) is 0 Å². The molecule has 2 aromatic rings. The molecule has 1 aromatic carbocycles. The first-order valence-electron chi connectivity index (χ1n) is 7.01.